The summed E-state index contributed by atoms with van der Waals surface area (Å²) in [5.74, 6) is 0.828. The standard InChI is InChI=1S/C22H19BrN2O2S/c1-12-7-8-15-17(11-24)22(28-18(15)9-12)25-21(26)16-10-13-5-3-4-6-14(13)19(23)20(16)27-2/h3-6,10,12H,7-9H2,1-2H3,(H,25,26)/t12-/m1/s1. The van der Waals surface area contributed by atoms with Crippen LogP contribution in [0.5, 0.6) is 5.75 Å². The van der Waals surface area contributed by atoms with Crippen LogP contribution in [0.3, 0.4) is 0 Å². The second kappa shape index (κ2) is 7.57. The number of hydrogen-bond acceptors (Lipinski definition) is 4. The number of methoxy groups -OCH3 is 1. The van der Waals surface area contributed by atoms with Gasteiger partial charge in [0.05, 0.1) is 22.7 Å². The van der Waals surface area contributed by atoms with Crippen molar-refractivity contribution in [3.63, 3.8) is 0 Å². The van der Waals surface area contributed by atoms with Gasteiger partial charge in [0, 0.05) is 4.88 Å². The van der Waals surface area contributed by atoms with Gasteiger partial charge in [-0.3, -0.25) is 4.79 Å². The minimum atomic E-state index is -0.272. The maximum atomic E-state index is 13.1. The molecule has 6 heteroatoms. The number of anilines is 1. The van der Waals surface area contributed by atoms with E-state index in [9.17, 15) is 10.1 Å². The van der Waals surface area contributed by atoms with Crippen LogP contribution in [-0.2, 0) is 12.8 Å². The van der Waals surface area contributed by atoms with Crippen molar-refractivity contribution in [3.05, 3.63) is 56.4 Å². The molecule has 1 atom stereocenters. The highest BCUT2D eigenvalue weighted by atomic mass is 79.9. The molecule has 0 saturated heterocycles. The Morgan fingerprint density at radius 2 is 2.18 bits per heavy atom. The number of fused-ring (bicyclic) bond motifs is 2. The number of thiophene rings is 1. The molecule has 142 valence electrons. The highest BCUT2D eigenvalue weighted by molar-refractivity contribution is 9.10. The molecule has 0 aliphatic heterocycles. The van der Waals surface area contributed by atoms with Gasteiger partial charge < -0.3 is 10.1 Å². The van der Waals surface area contributed by atoms with Gasteiger partial charge in [0.2, 0.25) is 0 Å². The molecule has 1 heterocycles. The molecule has 0 bridgehead atoms. The quantitative estimate of drug-likeness (QED) is 0.533. The highest BCUT2D eigenvalue weighted by Gasteiger charge is 2.26. The van der Waals surface area contributed by atoms with Crippen LogP contribution in [-0.4, -0.2) is 13.0 Å². The van der Waals surface area contributed by atoms with Crippen molar-refractivity contribution in [3.8, 4) is 11.8 Å². The zero-order valence-corrected chi connectivity index (χ0v) is 18.0. The third kappa shape index (κ3) is 3.19. The molecule has 1 amide bonds. The maximum Gasteiger partial charge on any atom is 0.260 e. The third-order valence-corrected chi connectivity index (χ3v) is 7.20. The predicted octanol–water partition coefficient (Wildman–Crippen LogP) is 5.92. The molecular formula is C22H19BrN2O2S. The van der Waals surface area contributed by atoms with Gasteiger partial charge in [0.1, 0.15) is 16.8 Å². The fourth-order valence-corrected chi connectivity index (χ4v) is 5.87. The Morgan fingerprint density at radius 3 is 2.93 bits per heavy atom. The van der Waals surface area contributed by atoms with E-state index in [4.69, 9.17) is 4.74 Å². The van der Waals surface area contributed by atoms with Gasteiger partial charge in [-0.2, -0.15) is 5.26 Å². The Balaban J connectivity index is 1.75. The molecule has 3 aromatic rings. The summed E-state index contributed by atoms with van der Waals surface area (Å²) >= 11 is 5.10. The molecular weight excluding hydrogens is 436 g/mol. The zero-order chi connectivity index (χ0) is 19.8. The van der Waals surface area contributed by atoms with Gasteiger partial charge in [-0.15, -0.1) is 11.3 Å². The van der Waals surface area contributed by atoms with Crippen molar-refractivity contribution in [1.82, 2.24) is 0 Å². The van der Waals surface area contributed by atoms with Crippen LogP contribution in [0.1, 0.15) is 39.7 Å². The van der Waals surface area contributed by atoms with Crippen LogP contribution < -0.4 is 10.1 Å². The molecule has 4 nitrogen and oxygen atoms in total. The molecule has 1 aliphatic rings. The summed E-state index contributed by atoms with van der Waals surface area (Å²) < 4.78 is 6.27. The molecule has 0 spiro atoms. The number of nitrogens with one attached hydrogen (secondary N) is 1. The lowest BCUT2D eigenvalue weighted by Gasteiger charge is -2.17. The van der Waals surface area contributed by atoms with Gasteiger partial charge in [0.25, 0.3) is 5.91 Å². The van der Waals surface area contributed by atoms with Gasteiger partial charge in [-0.1, -0.05) is 31.2 Å². The topological polar surface area (TPSA) is 62.1 Å². The molecule has 1 aromatic heterocycles. The van der Waals surface area contributed by atoms with Gasteiger partial charge in [-0.25, -0.2) is 0 Å². The molecule has 4 rings (SSSR count). The van der Waals surface area contributed by atoms with E-state index in [-0.39, 0.29) is 5.91 Å². The minimum absolute atomic E-state index is 0.272. The van der Waals surface area contributed by atoms with Crippen LogP contribution >= 0.6 is 27.3 Å². The number of nitrogens with zero attached hydrogens (tertiary/aromatic N) is 1. The van der Waals surface area contributed by atoms with Gasteiger partial charge in [-0.05, 0) is 63.5 Å². The summed E-state index contributed by atoms with van der Waals surface area (Å²) in [6, 6.07) is 12.0. The molecule has 1 N–H and O–H groups in total. The number of nitriles is 1. The van der Waals surface area contributed by atoms with E-state index >= 15 is 0 Å². The lowest BCUT2D eigenvalue weighted by atomic mass is 9.88. The Morgan fingerprint density at radius 1 is 1.39 bits per heavy atom. The van der Waals surface area contributed by atoms with Crippen molar-refractivity contribution < 1.29 is 9.53 Å². The van der Waals surface area contributed by atoms with Crippen molar-refractivity contribution in [2.45, 2.75) is 26.2 Å². The van der Waals surface area contributed by atoms with Crippen molar-refractivity contribution in [2.75, 3.05) is 12.4 Å². The number of halogens is 1. The molecule has 0 fully saturated rings. The van der Waals surface area contributed by atoms with Crippen LogP contribution in [0.15, 0.2) is 34.8 Å². The number of benzene rings is 2. The van der Waals surface area contributed by atoms with Crippen molar-refractivity contribution >= 4 is 48.9 Å². The SMILES string of the molecule is COc1c(C(=O)Nc2sc3c(c2C#N)CC[C@@H](C)C3)cc2ccccc2c1Br. The zero-order valence-electron chi connectivity index (χ0n) is 15.6. The van der Waals surface area contributed by atoms with Crippen LogP contribution in [0, 0.1) is 17.2 Å². The summed E-state index contributed by atoms with van der Waals surface area (Å²) in [6.45, 7) is 2.23. The minimum Gasteiger partial charge on any atom is -0.495 e. The normalized spacial score (nSPS) is 15.7. The summed E-state index contributed by atoms with van der Waals surface area (Å²) in [5, 5.41) is 15.2. The second-order valence-electron chi connectivity index (χ2n) is 7.11. The number of carbonyl (C=O) groups is 1. The van der Waals surface area contributed by atoms with E-state index in [2.05, 4.69) is 34.2 Å². The number of carbonyl (C=O) groups excluding carboxylic acids is 1. The van der Waals surface area contributed by atoms with E-state index in [0.29, 0.717) is 27.8 Å². The highest BCUT2D eigenvalue weighted by Crippen LogP contribution is 2.41. The first-order valence-corrected chi connectivity index (χ1v) is 10.8. The first kappa shape index (κ1) is 19.0. The molecule has 0 radical (unpaired) electrons. The lowest BCUT2D eigenvalue weighted by molar-refractivity contribution is 0.102. The smallest absolute Gasteiger partial charge is 0.260 e. The Bertz CT molecular complexity index is 1130. The summed E-state index contributed by atoms with van der Waals surface area (Å²) in [6.07, 6.45) is 2.95. The molecule has 2 aromatic carbocycles. The molecule has 1 aliphatic carbocycles. The van der Waals surface area contributed by atoms with Crippen molar-refractivity contribution in [1.29, 1.82) is 5.26 Å². The second-order valence-corrected chi connectivity index (χ2v) is 9.01. The van der Waals surface area contributed by atoms with Crippen LogP contribution in [0.2, 0.25) is 0 Å². The van der Waals surface area contributed by atoms with E-state index < -0.39 is 0 Å². The monoisotopic (exact) mass is 454 g/mol. The average Bonchev–Trinajstić information content (AvgIpc) is 3.03. The van der Waals surface area contributed by atoms with Crippen molar-refractivity contribution in [2.24, 2.45) is 5.92 Å². The molecule has 0 saturated carbocycles. The fourth-order valence-electron chi connectivity index (χ4n) is 3.78. The predicted molar refractivity (Wildman–Crippen MR) is 116 cm³/mol. The number of rotatable bonds is 3. The number of hydrogen-bond donors (Lipinski definition) is 1. The van der Waals surface area contributed by atoms with E-state index in [1.165, 1.54) is 16.2 Å². The lowest BCUT2D eigenvalue weighted by Crippen LogP contribution is -2.14. The summed E-state index contributed by atoms with van der Waals surface area (Å²) in [5.41, 5.74) is 2.16. The molecule has 0 unspecified atom stereocenters. The molecule has 28 heavy (non-hydrogen) atoms. The van der Waals surface area contributed by atoms with Crippen LogP contribution in [0.4, 0.5) is 5.00 Å². The first-order valence-electron chi connectivity index (χ1n) is 9.14. The largest absolute Gasteiger partial charge is 0.495 e. The third-order valence-electron chi connectivity index (χ3n) is 5.24. The first-order chi connectivity index (χ1) is 13.5. The fraction of sp³-hybridized carbons (Fsp3) is 0.273. The number of ether oxygens (including phenoxy) is 1. The van der Waals surface area contributed by atoms with Gasteiger partial charge in [0.15, 0.2) is 0 Å². The van der Waals surface area contributed by atoms with E-state index in [1.807, 2.05) is 30.3 Å². The van der Waals surface area contributed by atoms with Gasteiger partial charge >= 0.3 is 0 Å². The summed E-state index contributed by atoms with van der Waals surface area (Å²) in [4.78, 5) is 14.3. The number of amides is 1. The average molecular weight is 455 g/mol. The maximum absolute atomic E-state index is 13.1. The van der Waals surface area contributed by atoms with E-state index in [0.717, 1.165) is 40.1 Å². The van der Waals surface area contributed by atoms with E-state index in [1.54, 1.807) is 7.11 Å². The Labute approximate surface area is 176 Å². The van der Waals surface area contributed by atoms with Crippen LogP contribution in [0.25, 0.3) is 10.8 Å². The Hall–Kier alpha value is -2.36. The summed E-state index contributed by atoms with van der Waals surface area (Å²) in [7, 11) is 1.55. The Kier molecular flexibility index (Phi) is 5.13.